The number of aromatic nitrogens is 1. The normalized spacial score (nSPS) is 11.6. The van der Waals surface area contributed by atoms with E-state index in [1.165, 1.54) is 18.2 Å². The minimum atomic E-state index is -4.59. The lowest BCUT2D eigenvalue weighted by Gasteiger charge is -2.08. The van der Waals surface area contributed by atoms with E-state index in [0.717, 1.165) is 18.2 Å². The second-order valence-electron chi connectivity index (χ2n) is 5.92. The Balaban J connectivity index is 2.15. The molecule has 3 N–H and O–H groups in total. The summed E-state index contributed by atoms with van der Waals surface area (Å²) >= 11 is 6.02. The molecule has 2 aromatic carbocycles. The van der Waals surface area contributed by atoms with E-state index < -0.39 is 23.5 Å². The van der Waals surface area contributed by atoms with Gasteiger partial charge in [-0.1, -0.05) is 23.7 Å². The summed E-state index contributed by atoms with van der Waals surface area (Å²) in [6.45, 7) is 1.75. The average Bonchev–Trinajstić information content (AvgIpc) is 2.96. The largest absolute Gasteiger partial charge is 0.462 e. The second kappa shape index (κ2) is 7.20. The number of nitrogens with one attached hydrogen (secondary N) is 1. The number of anilines is 1. The second-order valence-corrected chi connectivity index (χ2v) is 6.35. The van der Waals surface area contributed by atoms with Crippen LogP contribution >= 0.6 is 11.6 Å². The van der Waals surface area contributed by atoms with Crippen molar-refractivity contribution >= 4 is 39.9 Å². The molecule has 28 heavy (non-hydrogen) atoms. The minimum Gasteiger partial charge on any atom is -0.462 e. The molecule has 0 bridgehead atoms. The fourth-order valence-electron chi connectivity index (χ4n) is 2.85. The fourth-order valence-corrected chi connectivity index (χ4v) is 3.07. The van der Waals surface area contributed by atoms with E-state index in [1.807, 2.05) is 0 Å². The number of carbonyl (C=O) groups is 2. The van der Waals surface area contributed by atoms with Gasteiger partial charge in [-0.3, -0.25) is 4.79 Å². The van der Waals surface area contributed by atoms with E-state index in [2.05, 4.69) is 4.98 Å². The Kier molecular flexibility index (Phi) is 5.08. The van der Waals surface area contributed by atoms with E-state index in [-0.39, 0.29) is 39.5 Å². The smallest absolute Gasteiger partial charge is 0.416 e. The number of aromatic amines is 1. The van der Waals surface area contributed by atoms with Crippen LogP contribution in [-0.2, 0) is 10.9 Å². The van der Waals surface area contributed by atoms with Gasteiger partial charge in [0.15, 0.2) is 0 Å². The van der Waals surface area contributed by atoms with Crippen molar-refractivity contribution in [3.8, 4) is 0 Å². The summed E-state index contributed by atoms with van der Waals surface area (Å²) in [6.07, 6.45) is -4.59. The molecule has 0 fully saturated rings. The maximum Gasteiger partial charge on any atom is 0.416 e. The number of alkyl halides is 3. The number of hydrogen-bond acceptors (Lipinski definition) is 4. The van der Waals surface area contributed by atoms with Crippen LogP contribution in [0.1, 0.15) is 38.9 Å². The summed E-state index contributed by atoms with van der Waals surface area (Å²) in [5, 5.41) is 0.424. The molecule has 0 radical (unpaired) electrons. The van der Waals surface area contributed by atoms with Crippen molar-refractivity contribution in [3.63, 3.8) is 0 Å². The zero-order valence-electron chi connectivity index (χ0n) is 14.5. The molecule has 1 aromatic heterocycles. The highest BCUT2D eigenvalue weighted by Gasteiger charge is 2.31. The van der Waals surface area contributed by atoms with Gasteiger partial charge in [0.25, 0.3) is 0 Å². The Morgan fingerprint density at radius 3 is 2.57 bits per heavy atom. The first-order valence-corrected chi connectivity index (χ1v) is 8.51. The van der Waals surface area contributed by atoms with Gasteiger partial charge in [0, 0.05) is 16.0 Å². The standard InChI is InChI=1S/C19H14ClF3N2O3/c1-2-28-18(27)12-7-11(20)8-13-14(12)15(24)16(25-13)17(26)9-4-3-5-10(6-9)19(21,22)23/h3-8,25H,2,24H2,1H3. The van der Waals surface area contributed by atoms with E-state index in [4.69, 9.17) is 22.1 Å². The fraction of sp³-hybridized carbons (Fsp3) is 0.158. The molecule has 3 aromatic rings. The summed E-state index contributed by atoms with van der Waals surface area (Å²) in [7, 11) is 0. The Morgan fingerprint density at radius 2 is 1.93 bits per heavy atom. The van der Waals surface area contributed by atoms with Gasteiger partial charge >= 0.3 is 12.1 Å². The number of halogens is 4. The van der Waals surface area contributed by atoms with Gasteiger partial charge in [-0.25, -0.2) is 4.79 Å². The molecule has 0 spiro atoms. The minimum absolute atomic E-state index is 0.0567. The van der Waals surface area contributed by atoms with Crippen LogP contribution in [0.25, 0.3) is 10.9 Å². The molecule has 0 aliphatic carbocycles. The van der Waals surface area contributed by atoms with Gasteiger partial charge in [0.1, 0.15) is 5.69 Å². The van der Waals surface area contributed by atoms with Gasteiger partial charge in [0.2, 0.25) is 5.78 Å². The number of benzene rings is 2. The predicted molar refractivity (Wildman–Crippen MR) is 98.6 cm³/mol. The van der Waals surface area contributed by atoms with Crippen molar-refractivity contribution in [1.29, 1.82) is 0 Å². The topological polar surface area (TPSA) is 85.2 Å². The zero-order valence-corrected chi connectivity index (χ0v) is 15.2. The Bertz CT molecular complexity index is 1090. The molecule has 0 aliphatic rings. The molecule has 3 rings (SSSR count). The van der Waals surface area contributed by atoms with E-state index >= 15 is 0 Å². The number of ketones is 1. The van der Waals surface area contributed by atoms with E-state index in [0.29, 0.717) is 5.52 Å². The van der Waals surface area contributed by atoms with Crippen molar-refractivity contribution in [1.82, 2.24) is 4.98 Å². The first-order valence-electron chi connectivity index (χ1n) is 8.13. The van der Waals surface area contributed by atoms with E-state index in [9.17, 15) is 22.8 Å². The number of rotatable bonds is 4. The van der Waals surface area contributed by atoms with Crippen LogP contribution in [0.2, 0.25) is 5.02 Å². The van der Waals surface area contributed by atoms with Crippen molar-refractivity contribution in [3.05, 3.63) is 63.8 Å². The average molecular weight is 411 g/mol. The number of ether oxygens (including phenoxy) is 1. The molecule has 0 atom stereocenters. The van der Waals surface area contributed by atoms with Gasteiger partial charge in [-0.05, 0) is 31.2 Å². The number of esters is 1. The maximum absolute atomic E-state index is 12.9. The highest BCUT2D eigenvalue weighted by atomic mass is 35.5. The number of fused-ring (bicyclic) bond motifs is 1. The first-order chi connectivity index (χ1) is 13.1. The molecule has 0 aliphatic heterocycles. The third kappa shape index (κ3) is 3.55. The highest BCUT2D eigenvalue weighted by molar-refractivity contribution is 6.32. The van der Waals surface area contributed by atoms with Crippen LogP contribution in [0.15, 0.2) is 36.4 Å². The van der Waals surface area contributed by atoms with Crippen molar-refractivity contribution in [2.24, 2.45) is 0 Å². The lowest BCUT2D eigenvalue weighted by Crippen LogP contribution is -2.09. The Labute approximate surface area is 162 Å². The quantitative estimate of drug-likeness (QED) is 0.476. The number of hydrogen-bond donors (Lipinski definition) is 2. The number of H-pyrrole nitrogens is 1. The molecule has 1 heterocycles. The summed E-state index contributed by atoms with van der Waals surface area (Å²) < 4.78 is 43.8. The lowest BCUT2D eigenvalue weighted by molar-refractivity contribution is -0.137. The molecule has 0 saturated carbocycles. The molecule has 0 unspecified atom stereocenters. The number of nitrogens with two attached hydrogens (primary N) is 1. The van der Waals surface area contributed by atoms with Gasteiger partial charge < -0.3 is 15.5 Å². The molecular formula is C19H14ClF3N2O3. The summed E-state index contributed by atoms with van der Waals surface area (Å²) in [4.78, 5) is 27.7. The van der Waals surface area contributed by atoms with Crippen LogP contribution in [0.3, 0.4) is 0 Å². The first kappa shape index (κ1) is 19.8. The lowest BCUT2D eigenvalue weighted by atomic mass is 10.0. The van der Waals surface area contributed by atoms with E-state index in [1.54, 1.807) is 6.92 Å². The predicted octanol–water partition coefficient (Wildman–Crippen LogP) is 4.83. The van der Waals surface area contributed by atoms with Crippen LogP contribution in [0, 0.1) is 0 Å². The molecule has 146 valence electrons. The summed E-state index contributed by atoms with van der Waals surface area (Å²) in [6, 6.07) is 6.80. The molecule has 0 amide bonds. The van der Waals surface area contributed by atoms with Gasteiger partial charge in [-0.2, -0.15) is 13.2 Å². The van der Waals surface area contributed by atoms with Crippen molar-refractivity contribution in [2.45, 2.75) is 13.1 Å². The molecular weight excluding hydrogens is 397 g/mol. The zero-order chi connectivity index (χ0) is 20.6. The number of carbonyl (C=O) groups excluding carboxylic acids is 2. The third-order valence-electron chi connectivity index (χ3n) is 4.08. The summed E-state index contributed by atoms with van der Waals surface area (Å²) in [5.41, 5.74) is 5.05. The Morgan fingerprint density at radius 1 is 1.21 bits per heavy atom. The van der Waals surface area contributed by atoms with Crippen molar-refractivity contribution in [2.75, 3.05) is 12.3 Å². The molecule has 5 nitrogen and oxygen atoms in total. The van der Waals surface area contributed by atoms with Crippen LogP contribution in [0.5, 0.6) is 0 Å². The van der Waals surface area contributed by atoms with Gasteiger partial charge in [0.05, 0.1) is 28.9 Å². The SMILES string of the molecule is CCOC(=O)c1cc(Cl)cc2[nH]c(C(=O)c3cccc(C(F)(F)F)c3)c(N)c12. The highest BCUT2D eigenvalue weighted by Crippen LogP contribution is 2.34. The molecule has 0 saturated heterocycles. The van der Waals surface area contributed by atoms with Crippen LogP contribution in [-0.4, -0.2) is 23.3 Å². The molecule has 9 heteroatoms. The monoisotopic (exact) mass is 410 g/mol. The van der Waals surface area contributed by atoms with Gasteiger partial charge in [-0.15, -0.1) is 0 Å². The summed E-state index contributed by atoms with van der Waals surface area (Å²) in [5.74, 6) is -1.43. The Hall–Kier alpha value is -3.00. The van der Waals surface area contributed by atoms with Crippen LogP contribution in [0.4, 0.5) is 18.9 Å². The maximum atomic E-state index is 12.9. The number of nitrogen functional groups attached to an aromatic ring is 1. The van der Waals surface area contributed by atoms with Crippen molar-refractivity contribution < 1.29 is 27.5 Å². The van der Waals surface area contributed by atoms with Crippen LogP contribution < -0.4 is 5.73 Å². The third-order valence-corrected chi connectivity index (χ3v) is 4.29.